The molecular formula is C45H26N2SSe2. The minimum Gasteiger partial charge on any atom is -0.0602 e. The third-order valence-electron chi connectivity index (χ3n) is 11.0. The minimum absolute atomic E-state index is 0.329. The van der Waals surface area contributed by atoms with Gasteiger partial charge in [0.25, 0.3) is 0 Å². The van der Waals surface area contributed by atoms with Crippen LogP contribution in [0.25, 0.3) is 56.5 Å². The average Bonchev–Trinajstić information content (AvgIpc) is 4.00. The summed E-state index contributed by atoms with van der Waals surface area (Å²) >= 11 is 2.70. The molecule has 0 fully saturated rings. The normalized spacial score (nSPS) is 14.1. The number of hydrogen-bond donors (Lipinski definition) is 0. The molecule has 234 valence electrons. The molecular weight excluding hydrogens is 758 g/mol. The molecule has 5 heterocycles. The van der Waals surface area contributed by atoms with Crippen molar-refractivity contribution < 1.29 is 0 Å². The maximum atomic E-state index is 2.57. The summed E-state index contributed by atoms with van der Waals surface area (Å²) in [7, 11) is 0. The summed E-state index contributed by atoms with van der Waals surface area (Å²) in [4.78, 5) is 7.50. The second-order valence-corrected chi connectivity index (χ2v) is 18.1. The van der Waals surface area contributed by atoms with E-state index in [1.165, 1.54) is 87.0 Å². The number of thiophene rings is 1. The van der Waals surface area contributed by atoms with Gasteiger partial charge in [-0.1, -0.05) is 24.3 Å². The second kappa shape index (κ2) is 10.1. The maximum absolute atomic E-state index is 2.57. The first-order valence-corrected chi connectivity index (χ1v) is 21.4. The number of aromatic nitrogens is 1. The third-order valence-corrected chi connectivity index (χ3v) is 16.7. The zero-order valence-corrected chi connectivity index (χ0v) is 30.9. The molecule has 12 rings (SSSR count). The number of para-hydroxylation sites is 3. The second-order valence-electron chi connectivity index (χ2n) is 13.3. The number of rotatable bonds is 2. The summed E-state index contributed by atoms with van der Waals surface area (Å²) in [5.41, 5.74) is 12.9. The summed E-state index contributed by atoms with van der Waals surface area (Å²) in [5, 5.41) is 5.25. The van der Waals surface area contributed by atoms with Crippen LogP contribution in [0.3, 0.4) is 0 Å². The Morgan fingerprint density at radius 2 is 1.18 bits per heavy atom. The molecule has 0 unspecified atom stereocenters. The smallest absolute Gasteiger partial charge is 0.0380 e. The van der Waals surface area contributed by atoms with Gasteiger partial charge >= 0.3 is 270 Å². The predicted molar refractivity (Wildman–Crippen MR) is 213 cm³/mol. The van der Waals surface area contributed by atoms with Gasteiger partial charge in [0.1, 0.15) is 0 Å². The summed E-state index contributed by atoms with van der Waals surface area (Å²) in [6, 6.07) is 54.8. The van der Waals surface area contributed by atoms with Crippen LogP contribution in [-0.4, -0.2) is 33.6 Å². The SMILES string of the molecule is c1ccc(-n2c3ccccc3c3cc(N4c5ccccc5C5(c6cc[se]c6-c6[se]ccc65)c5c4ccc4c5sc5ccccc54)ccc32)cc1. The van der Waals surface area contributed by atoms with Gasteiger partial charge in [0.05, 0.1) is 0 Å². The van der Waals surface area contributed by atoms with Crippen LogP contribution < -0.4 is 4.90 Å². The molecule has 4 aromatic heterocycles. The van der Waals surface area contributed by atoms with Crippen molar-refractivity contribution in [3.8, 4) is 14.6 Å². The van der Waals surface area contributed by atoms with E-state index in [0.29, 0.717) is 29.0 Å². The van der Waals surface area contributed by atoms with Gasteiger partial charge in [-0.05, 0) is 12.1 Å². The molecule has 0 amide bonds. The summed E-state index contributed by atoms with van der Waals surface area (Å²) < 4.78 is 8.42. The minimum atomic E-state index is -0.329. The summed E-state index contributed by atoms with van der Waals surface area (Å²) in [6.45, 7) is 0. The molecule has 50 heavy (non-hydrogen) atoms. The van der Waals surface area contributed by atoms with Gasteiger partial charge in [0.2, 0.25) is 0 Å². The van der Waals surface area contributed by atoms with E-state index in [9.17, 15) is 0 Å². The van der Waals surface area contributed by atoms with Crippen LogP contribution in [0.2, 0.25) is 0 Å². The Morgan fingerprint density at radius 1 is 0.480 bits per heavy atom. The molecule has 0 saturated carbocycles. The van der Waals surface area contributed by atoms with E-state index < -0.39 is 0 Å². The first-order valence-electron chi connectivity index (χ1n) is 16.9. The maximum Gasteiger partial charge on any atom is -0.0380 e. The predicted octanol–water partition coefficient (Wildman–Crippen LogP) is 11.4. The van der Waals surface area contributed by atoms with Crippen molar-refractivity contribution in [3.63, 3.8) is 0 Å². The third kappa shape index (κ3) is 3.40. The van der Waals surface area contributed by atoms with E-state index in [0.717, 1.165) is 0 Å². The molecule has 2 aliphatic rings. The number of fused-ring (bicyclic) bond motifs is 16. The van der Waals surface area contributed by atoms with Crippen molar-refractivity contribution in [3.05, 3.63) is 178 Å². The van der Waals surface area contributed by atoms with Crippen LogP contribution in [0.1, 0.15) is 22.3 Å². The van der Waals surface area contributed by atoms with Crippen molar-refractivity contribution in [2.45, 2.75) is 5.41 Å². The first-order chi connectivity index (χ1) is 24.8. The van der Waals surface area contributed by atoms with E-state index in [4.69, 9.17) is 0 Å². The molecule has 10 aromatic rings. The van der Waals surface area contributed by atoms with Gasteiger partial charge < -0.3 is 0 Å². The average molecular weight is 785 g/mol. The fraction of sp³-hybridized carbons (Fsp3) is 0.0222. The van der Waals surface area contributed by atoms with Gasteiger partial charge in [-0.3, -0.25) is 0 Å². The van der Waals surface area contributed by atoms with Gasteiger partial charge in [-0.25, -0.2) is 0 Å². The quantitative estimate of drug-likeness (QED) is 0.159. The van der Waals surface area contributed by atoms with Crippen molar-refractivity contribution in [2.75, 3.05) is 4.90 Å². The van der Waals surface area contributed by atoms with Crippen molar-refractivity contribution in [1.82, 2.24) is 4.57 Å². The molecule has 0 bridgehead atoms. The zero-order chi connectivity index (χ0) is 32.6. The summed E-state index contributed by atoms with van der Waals surface area (Å²) in [6.07, 6.45) is 0. The number of benzene rings is 6. The fourth-order valence-corrected chi connectivity index (χ4v) is 15.2. The Morgan fingerprint density at radius 3 is 2.02 bits per heavy atom. The standard InChI is InChI=1S/C45H26N2SSe2/c1-2-10-27(11-3-1)46-36-15-7-4-12-29(36)32-26-28(18-20-37(32)46)47-38-16-8-6-14-33(38)45(34-22-24-49-43(34)44-35(45)23-25-50-44)41-39(47)21-19-31-30-13-5-9-17-40(30)48-42(31)41/h1-26H. The van der Waals surface area contributed by atoms with Crippen LogP contribution >= 0.6 is 11.3 Å². The molecule has 1 aliphatic carbocycles. The molecule has 0 N–H and O–H groups in total. The molecule has 6 aromatic carbocycles. The van der Waals surface area contributed by atoms with Crippen molar-refractivity contribution in [1.29, 1.82) is 0 Å². The molecule has 5 heteroatoms. The van der Waals surface area contributed by atoms with Crippen molar-refractivity contribution >= 4 is 99.4 Å². The molecule has 0 saturated heterocycles. The first kappa shape index (κ1) is 27.9. The van der Waals surface area contributed by atoms with Crippen LogP contribution in [0, 0.1) is 0 Å². The topological polar surface area (TPSA) is 8.17 Å². The summed E-state index contributed by atoms with van der Waals surface area (Å²) in [5.74, 6) is 0. The fourth-order valence-electron chi connectivity index (χ4n) is 9.08. The van der Waals surface area contributed by atoms with Crippen molar-refractivity contribution in [2.24, 2.45) is 0 Å². The van der Waals surface area contributed by atoms with Gasteiger partial charge in [-0.2, -0.15) is 0 Å². The monoisotopic (exact) mass is 786 g/mol. The molecule has 2 nitrogen and oxygen atoms in total. The molecule has 0 radical (unpaired) electrons. The Labute approximate surface area is 304 Å². The number of nitrogens with zero attached hydrogens (tertiary/aromatic N) is 2. The van der Waals surface area contributed by atoms with Crippen LogP contribution in [0.15, 0.2) is 155 Å². The largest absolute Gasteiger partial charge is 0.0602 e. The van der Waals surface area contributed by atoms with E-state index in [1.54, 1.807) is 8.87 Å². The molecule has 1 spiro atoms. The Hall–Kier alpha value is -4.86. The van der Waals surface area contributed by atoms with Crippen LogP contribution in [0.4, 0.5) is 17.1 Å². The van der Waals surface area contributed by atoms with E-state index in [1.807, 2.05) is 11.3 Å². The van der Waals surface area contributed by atoms with Crippen LogP contribution in [0.5, 0.6) is 0 Å². The molecule has 1 aliphatic heterocycles. The zero-order valence-electron chi connectivity index (χ0n) is 26.6. The van der Waals surface area contributed by atoms with Crippen LogP contribution in [-0.2, 0) is 5.41 Å². The van der Waals surface area contributed by atoms with E-state index >= 15 is 0 Å². The Bertz CT molecular complexity index is 2970. The van der Waals surface area contributed by atoms with E-state index in [-0.39, 0.29) is 5.41 Å². The van der Waals surface area contributed by atoms with Gasteiger partial charge in [0.15, 0.2) is 0 Å². The molecule has 0 atom stereocenters. The van der Waals surface area contributed by atoms with E-state index in [2.05, 4.69) is 165 Å². The Balaban J connectivity index is 1.21. The Kier molecular flexibility index (Phi) is 5.64. The van der Waals surface area contributed by atoms with Gasteiger partial charge in [-0.15, -0.1) is 0 Å². The number of anilines is 3. The van der Waals surface area contributed by atoms with Gasteiger partial charge in [0, 0.05) is 0 Å². The number of hydrogen-bond acceptors (Lipinski definition) is 2.